The molecule has 0 amide bonds. The summed E-state index contributed by atoms with van der Waals surface area (Å²) in [6.45, 7) is 3.56. The molecule has 0 aliphatic carbocycles. The molecular formula is C29H25N3O8S. The van der Waals surface area contributed by atoms with E-state index < -0.39 is 16.9 Å². The predicted octanol–water partition coefficient (Wildman–Crippen LogP) is 3.98. The number of carbonyl (C=O) groups is 1. The zero-order valence-electron chi connectivity index (χ0n) is 22.6. The van der Waals surface area contributed by atoms with Crippen LogP contribution < -0.4 is 24.4 Å². The number of fused-ring (bicyclic) bond motifs is 1. The molecule has 12 heteroatoms. The first kappa shape index (κ1) is 27.6. The largest absolute Gasteiger partial charge is 0.497 e. The van der Waals surface area contributed by atoms with Crippen LogP contribution in [0.15, 0.2) is 80.1 Å². The molecule has 0 spiro atoms. The summed E-state index contributed by atoms with van der Waals surface area (Å²) in [5.74, 6) is 1.28. The highest BCUT2D eigenvalue weighted by molar-refractivity contribution is 7.07. The minimum Gasteiger partial charge on any atom is -0.497 e. The van der Waals surface area contributed by atoms with Crippen LogP contribution in [0.2, 0.25) is 0 Å². The molecule has 210 valence electrons. The number of nitro benzene ring substituents is 1. The quantitative estimate of drug-likeness (QED) is 0.175. The highest BCUT2D eigenvalue weighted by Gasteiger charge is 2.35. The minimum absolute atomic E-state index is 0.0265. The van der Waals surface area contributed by atoms with Crippen LogP contribution in [0.4, 0.5) is 5.69 Å². The molecule has 1 aliphatic rings. The van der Waals surface area contributed by atoms with Crippen molar-refractivity contribution in [1.29, 1.82) is 0 Å². The van der Waals surface area contributed by atoms with Crippen LogP contribution in [0.3, 0.4) is 0 Å². The van der Waals surface area contributed by atoms with Gasteiger partial charge in [0.2, 0.25) is 0 Å². The summed E-state index contributed by atoms with van der Waals surface area (Å²) in [6.07, 6.45) is 1.60. The Balaban J connectivity index is 1.64. The first-order valence-electron chi connectivity index (χ1n) is 12.5. The Hall–Kier alpha value is -4.97. The highest BCUT2D eigenvalue weighted by Crippen LogP contribution is 2.38. The molecular weight excluding hydrogens is 550 g/mol. The molecule has 11 nitrogen and oxygen atoms in total. The highest BCUT2D eigenvalue weighted by atomic mass is 32.1. The fraction of sp³-hybridized carbons (Fsp3) is 0.207. The van der Waals surface area contributed by atoms with Gasteiger partial charge in [0.1, 0.15) is 29.1 Å². The van der Waals surface area contributed by atoms with Crippen molar-refractivity contribution in [1.82, 2.24) is 4.57 Å². The first-order valence-corrected chi connectivity index (χ1v) is 13.3. The molecule has 0 fully saturated rings. The molecule has 41 heavy (non-hydrogen) atoms. The maximum absolute atomic E-state index is 13.9. The number of hydrogen-bond donors (Lipinski definition) is 0. The van der Waals surface area contributed by atoms with Crippen LogP contribution in [-0.4, -0.2) is 36.3 Å². The Bertz CT molecular complexity index is 1860. The summed E-state index contributed by atoms with van der Waals surface area (Å²) < 4.78 is 24.1. The second-order valence-corrected chi connectivity index (χ2v) is 9.93. The molecule has 0 bridgehead atoms. The standard InChI is InChI=1S/C29H25N3O8S/c1-5-39-28(34)25-16(2)30-29-31(26(25)21-14-19(37-3)10-13-23(21)38-4)27(33)24(41-29)15-20-11-12-22(40-20)17-6-8-18(9-7-17)32(35)36/h6-15,26H,5H2,1-4H3/b24-15-/t26-/m0/s1. The number of allylic oxidation sites excluding steroid dienone is 1. The van der Waals surface area contributed by atoms with Crippen molar-refractivity contribution in [3.63, 3.8) is 0 Å². The summed E-state index contributed by atoms with van der Waals surface area (Å²) in [5, 5.41) is 11.0. The molecule has 1 aliphatic heterocycles. The lowest BCUT2D eigenvalue weighted by atomic mass is 9.95. The fourth-order valence-electron chi connectivity index (χ4n) is 4.60. The second-order valence-electron chi connectivity index (χ2n) is 8.92. The lowest BCUT2D eigenvalue weighted by molar-refractivity contribution is -0.384. The maximum Gasteiger partial charge on any atom is 0.338 e. The maximum atomic E-state index is 13.9. The van der Waals surface area contributed by atoms with Gasteiger partial charge in [-0.1, -0.05) is 11.3 Å². The Morgan fingerprint density at radius 1 is 1.15 bits per heavy atom. The number of nitrogens with zero attached hydrogens (tertiary/aromatic N) is 3. The molecule has 0 N–H and O–H groups in total. The van der Waals surface area contributed by atoms with Crippen molar-refractivity contribution in [2.24, 2.45) is 4.99 Å². The van der Waals surface area contributed by atoms with Crippen molar-refractivity contribution >= 4 is 29.1 Å². The number of aromatic nitrogens is 1. The molecule has 5 rings (SSSR count). The van der Waals surface area contributed by atoms with Crippen LogP contribution in [0, 0.1) is 10.1 Å². The summed E-state index contributed by atoms with van der Waals surface area (Å²) in [6, 6.07) is 13.7. The summed E-state index contributed by atoms with van der Waals surface area (Å²) in [4.78, 5) is 42.5. The smallest absolute Gasteiger partial charge is 0.338 e. The number of nitro groups is 1. The number of methoxy groups -OCH3 is 2. The molecule has 2 aromatic heterocycles. The van der Waals surface area contributed by atoms with Crippen molar-refractivity contribution in [2.45, 2.75) is 19.9 Å². The van der Waals surface area contributed by atoms with E-state index in [4.69, 9.17) is 18.6 Å². The predicted molar refractivity (Wildman–Crippen MR) is 151 cm³/mol. The van der Waals surface area contributed by atoms with E-state index >= 15 is 0 Å². The van der Waals surface area contributed by atoms with E-state index in [1.165, 1.54) is 30.9 Å². The molecule has 4 aromatic rings. The Morgan fingerprint density at radius 2 is 1.90 bits per heavy atom. The van der Waals surface area contributed by atoms with E-state index in [0.29, 0.717) is 49.2 Å². The summed E-state index contributed by atoms with van der Waals surface area (Å²) in [7, 11) is 3.04. The number of hydrogen-bond acceptors (Lipinski definition) is 10. The monoisotopic (exact) mass is 575 g/mol. The average molecular weight is 576 g/mol. The number of benzene rings is 2. The Morgan fingerprint density at radius 3 is 2.56 bits per heavy atom. The normalized spacial score (nSPS) is 14.8. The number of rotatable bonds is 8. The molecule has 3 heterocycles. The third-order valence-corrected chi connectivity index (χ3v) is 7.49. The van der Waals surface area contributed by atoms with Gasteiger partial charge in [0.15, 0.2) is 4.80 Å². The molecule has 0 unspecified atom stereocenters. The zero-order chi connectivity index (χ0) is 29.3. The molecule has 0 radical (unpaired) electrons. The van der Waals surface area contributed by atoms with E-state index in [2.05, 4.69) is 4.99 Å². The SMILES string of the molecule is CCOC(=O)C1=C(C)N=c2s/c(=C\c3ccc(-c4ccc([N+](=O)[O-])cc4)o3)c(=O)n2[C@H]1c1cc(OC)ccc1OC. The fourth-order valence-corrected chi connectivity index (χ4v) is 5.63. The van der Waals surface area contributed by atoms with Gasteiger partial charge < -0.3 is 18.6 Å². The third-order valence-electron chi connectivity index (χ3n) is 6.51. The van der Waals surface area contributed by atoms with Gasteiger partial charge >= 0.3 is 5.97 Å². The molecule has 0 saturated carbocycles. The Kier molecular flexibility index (Phi) is 7.58. The van der Waals surface area contributed by atoms with Gasteiger partial charge in [0.25, 0.3) is 11.2 Å². The Labute approximate surface area is 237 Å². The van der Waals surface area contributed by atoms with Crippen LogP contribution in [0.5, 0.6) is 11.5 Å². The van der Waals surface area contributed by atoms with Gasteiger partial charge in [0.05, 0.1) is 41.6 Å². The van der Waals surface area contributed by atoms with Gasteiger partial charge in [-0.25, -0.2) is 9.79 Å². The van der Waals surface area contributed by atoms with Crippen molar-refractivity contribution in [2.75, 3.05) is 20.8 Å². The van der Waals surface area contributed by atoms with E-state index in [1.54, 1.807) is 62.4 Å². The van der Waals surface area contributed by atoms with Crippen molar-refractivity contribution in [3.05, 3.63) is 107 Å². The third kappa shape index (κ3) is 5.16. The van der Waals surface area contributed by atoms with Crippen LogP contribution in [0.25, 0.3) is 17.4 Å². The molecule has 2 aromatic carbocycles. The van der Waals surface area contributed by atoms with E-state index in [-0.39, 0.29) is 23.4 Å². The number of non-ortho nitro benzene ring substituents is 1. The minimum atomic E-state index is -0.884. The lowest BCUT2D eigenvalue weighted by Crippen LogP contribution is -2.40. The van der Waals surface area contributed by atoms with Gasteiger partial charge in [-0.3, -0.25) is 19.5 Å². The van der Waals surface area contributed by atoms with Crippen LogP contribution in [-0.2, 0) is 9.53 Å². The number of thiazole rings is 1. The molecule has 0 saturated heterocycles. The van der Waals surface area contributed by atoms with Crippen molar-refractivity contribution < 1.29 is 28.3 Å². The van der Waals surface area contributed by atoms with Gasteiger partial charge in [-0.15, -0.1) is 0 Å². The van der Waals surface area contributed by atoms with Crippen LogP contribution >= 0.6 is 11.3 Å². The van der Waals surface area contributed by atoms with Crippen LogP contribution in [0.1, 0.15) is 31.2 Å². The number of carbonyl (C=O) groups excluding carboxylic acids is 1. The first-order chi connectivity index (χ1) is 19.7. The van der Waals surface area contributed by atoms with Gasteiger partial charge in [-0.2, -0.15) is 0 Å². The van der Waals surface area contributed by atoms with Gasteiger partial charge in [0, 0.05) is 29.3 Å². The number of ether oxygens (including phenoxy) is 3. The number of furan rings is 1. The average Bonchev–Trinajstić information content (AvgIpc) is 3.56. The lowest BCUT2D eigenvalue weighted by Gasteiger charge is -2.26. The number of esters is 1. The van der Waals surface area contributed by atoms with E-state index in [9.17, 15) is 19.7 Å². The van der Waals surface area contributed by atoms with Crippen molar-refractivity contribution in [3.8, 4) is 22.8 Å². The summed E-state index contributed by atoms with van der Waals surface area (Å²) >= 11 is 1.15. The van der Waals surface area contributed by atoms with E-state index in [0.717, 1.165) is 11.3 Å². The van der Waals surface area contributed by atoms with E-state index in [1.807, 2.05) is 0 Å². The zero-order valence-corrected chi connectivity index (χ0v) is 23.4. The molecule has 1 atom stereocenters. The second kappa shape index (κ2) is 11.3. The summed E-state index contributed by atoms with van der Waals surface area (Å²) in [5.41, 5.74) is 1.42. The topological polar surface area (TPSA) is 135 Å². The van der Waals surface area contributed by atoms with Gasteiger partial charge in [-0.05, 0) is 56.3 Å².